The third-order valence-electron chi connectivity index (χ3n) is 13.7. The number of hydrogen-bond acceptors (Lipinski definition) is 9. The van der Waals surface area contributed by atoms with Crippen LogP contribution in [-0.4, -0.2) is 66.0 Å². The predicted octanol–water partition coefficient (Wildman–Crippen LogP) is 14.3. The molecule has 0 aliphatic carbocycles. The number of hydrogen-bond donors (Lipinski definition) is 4. The fourth-order valence-electron chi connectivity index (χ4n) is 10.1. The second-order valence-corrected chi connectivity index (χ2v) is 18.9. The van der Waals surface area contributed by atoms with Crippen molar-refractivity contribution in [1.82, 2.24) is 45.2 Å². The minimum atomic E-state index is -0.113. The third kappa shape index (κ3) is 9.51. The van der Waals surface area contributed by atoms with E-state index in [0.717, 1.165) is 155 Å². The molecule has 2 aliphatic heterocycles. The zero-order chi connectivity index (χ0) is 50.7. The van der Waals surface area contributed by atoms with Crippen LogP contribution < -0.4 is 15.4 Å². The SMILES string of the molecule is COc1ccc2nc3cc(Cl)ccc3c(NCCCCCCNC(=O)c3ccc(-c4c5nc(c(-c6ccncc6)c6ccc([nH]6)c(-c6ccncc6)c6nc(c(-c7ccncc7)c7ccc4[nH]7)C=C6)C=C5)cc3)c2c1. The average molecular weight is 1000 g/mol. The number of H-pyrrole nitrogens is 2. The Bertz CT molecular complexity index is 3990. The highest BCUT2D eigenvalue weighted by Crippen LogP contribution is 2.39. The Morgan fingerprint density at radius 3 is 1.47 bits per heavy atom. The molecule has 2 aliphatic rings. The zero-order valence-corrected chi connectivity index (χ0v) is 41.7. The Labute approximate surface area is 437 Å². The summed E-state index contributed by atoms with van der Waals surface area (Å²) in [6, 6.07) is 39.9. The minimum absolute atomic E-state index is 0.113. The molecule has 3 aromatic carbocycles. The molecule has 7 aromatic heterocycles. The monoisotopic (exact) mass is 1000 g/mol. The number of carbonyl (C=O) groups is 1. The second-order valence-electron chi connectivity index (χ2n) is 18.4. The van der Waals surface area contributed by atoms with Gasteiger partial charge in [0.25, 0.3) is 5.91 Å². The number of amides is 1. The van der Waals surface area contributed by atoms with Crippen LogP contribution in [0.1, 0.15) is 58.8 Å². The van der Waals surface area contributed by atoms with Crippen LogP contribution in [0.15, 0.2) is 159 Å². The number of nitrogens with zero attached hydrogens (tertiary/aromatic N) is 6. The van der Waals surface area contributed by atoms with E-state index >= 15 is 0 Å². The summed E-state index contributed by atoms with van der Waals surface area (Å²) in [5.74, 6) is 0.666. The van der Waals surface area contributed by atoms with Crippen molar-refractivity contribution in [3.05, 3.63) is 192 Å². The molecule has 0 radical (unpaired) electrons. The number of ether oxygens (including phenoxy) is 1. The van der Waals surface area contributed by atoms with Gasteiger partial charge in [-0.05, 0) is 169 Å². The quantitative estimate of drug-likeness (QED) is 0.0614. The molecule has 12 nitrogen and oxygen atoms in total. The van der Waals surface area contributed by atoms with Gasteiger partial charge in [-0.3, -0.25) is 19.7 Å². The number of unbranched alkanes of at least 4 members (excludes halogenated alkanes) is 3. The van der Waals surface area contributed by atoms with Crippen molar-refractivity contribution in [2.24, 2.45) is 0 Å². The molecule has 4 N–H and O–H groups in total. The van der Waals surface area contributed by atoms with Crippen LogP contribution in [0.25, 0.3) is 113 Å². The number of aromatic amines is 2. The summed E-state index contributed by atoms with van der Waals surface area (Å²) in [7, 11) is 1.67. The van der Waals surface area contributed by atoms with Crippen LogP contribution in [0.4, 0.5) is 5.69 Å². The molecular formula is C62H49ClN10O2. The summed E-state index contributed by atoms with van der Waals surface area (Å²) >= 11 is 6.34. The van der Waals surface area contributed by atoms with E-state index in [1.165, 1.54) is 0 Å². The van der Waals surface area contributed by atoms with Crippen molar-refractivity contribution < 1.29 is 9.53 Å². The number of pyridine rings is 4. The summed E-state index contributed by atoms with van der Waals surface area (Å²) < 4.78 is 5.54. The molecule has 366 valence electrons. The van der Waals surface area contributed by atoms with Gasteiger partial charge in [-0.25, -0.2) is 15.0 Å². The molecule has 75 heavy (non-hydrogen) atoms. The number of benzene rings is 3. The van der Waals surface area contributed by atoms with Gasteiger partial charge in [0.1, 0.15) is 5.75 Å². The zero-order valence-electron chi connectivity index (χ0n) is 40.9. The molecule has 0 saturated carbocycles. The van der Waals surface area contributed by atoms with Crippen LogP contribution >= 0.6 is 11.6 Å². The molecule has 13 heteroatoms. The lowest BCUT2D eigenvalue weighted by molar-refractivity contribution is 0.0953. The molecule has 0 unspecified atom stereocenters. The molecule has 8 bridgehead atoms. The molecule has 10 aromatic rings. The summed E-state index contributed by atoms with van der Waals surface area (Å²) in [4.78, 5) is 49.8. The number of fused-ring (bicyclic) bond motifs is 10. The number of rotatable bonds is 14. The van der Waals surface area contributed by atoms with Gasteiger partial charge in [-0.2, -0.15) is 0 Å². The van der Waals surface area contributed by atoms with Gasteiger partial charge in [0, 0.05) is 116 Å². The van der Waals surface area contributed by atoms with Gasteiger partial charge >= 0.3 is 0 Å². The van der Waals surface area contributed by atoms with Gasteiger partial charge in [-0.15, -0.1) is 0 Å². The number of nitrogens with one attached hydrogen (secondary N) is 4. The van der Waals surface area contributed by atoms with E-state index in [9.17, 15) is 4.79 Å². The van der Waals surface area contributed by atoms with Crippen molar-refractivity contribution >= 4 is 91.4 Å². The number of anilines is 1. The van der Waals surface area contributed by atoms with Gasteiger partial charge in [0.2, 0.25) is 0 Å². The van der Waals surface area contributed by atoms with Crippen LogP contribution in [0, 0.1) is 0 Å². The smallest absolute Gasteiger partial charge is 0.251 e. The predicted molar refractivity (Wildman–Crippen MR) is 304 cm³/mol. The summed E-state index contributed by atoms with van der Waals surface area (Å²) in [5, 5.41) is 9.51. The minimum Gasteiger partial charge on any atom is -0.497 e. The molecule has 0 atom stereocenters. The maximum Gasteiger partial charge on any atom is 0.251 e. The summed E-state index contributed by atoms with van der Waals surface area (Å²) in [5.41, 5.74) is 17.5. The van der Waals surface area contributed by atoms with Crippen molar-refractivity contribution in [3.8, 4) is 50.3 Å². The lowest BCUT2D eigenvalue weighted by Crippen LogP contribution is -2.24. The lowest BCUT2D eigenvalue weighted by Gasteiger charge is -2.14. The maximum absolute atomic E-state index is 13.6. The van der Waals surface area contributed by atoms with Crippen molar-refractivity contribution in [1.29, 1.82) is 0 Å². The van der Waals surface area contributed by atoms with E-state index in [1.54, 1.807) is 44.3 Å². The average Bonchev–Trinajstić information content (AvgIpc) is 4.33. The fourth-order valence-corrected chi connectivity index (χ4v) is 10.3. The first-order valence-electron chi connectivity index (χ1n) is 25.0. The van der Waals surface area contributed by atoms with Crippen LogP contribution in [0.3, 0.4) is 0 Å². The van der Waals surface area contributed by atoms with Crippen LogP contribution in [0.2, 0.25) is 5.02 Å². The molecule has 12 rings (SSSR count). The van der Waals surface area contributed by atoms with Gasteiger partial charge in [0.15, 0.2) is 0 Å². The highest BCUT2D eigenvalue weighted by molar-refractivity contribution is 6.31. The number of aromatic nitrogens is 8. The van der Waals surface area contributed by atoms with E-state index in [2.05, 4.69) is 84.1 Å². The Hall–Kier alpha value is -9.26. The first kappa shape index (κ1) is 46.8. The lowest BCUT2D eigenvalue weighted by atomic mass is 10.0. The van der Waals surface area contributed by atoms with E-state index < -0.39 is 0 Å². The number of halogens is 1. The topological polar surface area (TPSA) is 159 Å². The highest BCUT2D eigenvalue weighted by atomic mass is 35.5. The first-order chi connectivity index (χ1) is 37.0. The van der Waals surface area contributed by atoms with E-state index in [0.29, 0.717) is 17.1 Å². The largest absolute Gasteiger partial charge is 0.497 e. The van der Waals surface area contributed by atoms with Crippen molar-refractivity contribution in [2.45, 2.75) is 25.7 Å². The van der Waals surface area contributed by atoms with Crippen molar-refractivity contribution in [2.75, 3.05) is 25.5 Å². The normalized spacial score (nSPS) is 11.9. The van der Waals surface area contributed by atoms with E-state index in [1.807, 2.05) is 97.1 Å². The Kier molecular flexibility index (Phi) is 12.9. The number of carbonyl (C=O) groups excluding carboxylic acids is 1. The Morgan fingerprint density at radius 2 is 0.973 bits per heavy atom. The maximum atomic E-state index is 13.6. The third-order valence-corrected chi connectivity index (χ3v) is 14.0. The summed E-state index contributed by atoms with van der Waals surface area (Å²) in [6.07, 6.45) is 22.9. The molecule has 9 heterocycles. The van der Waals surface area contributed by atoms with E-state index in [-0.39, 0.29) is 5.91 Å². The fraction of sp³-hybridized carbons (Fsp3) is 0.113. The first-order valence-corrected chi connectivity index (χ1v) is 25.4. The summed E-state index contributed by atoms with van der Waals surface area (Å²) in [6.45, 7) is 1.37. The Balaban J connectivity index is 0.834. The molecule has 0 fully saturated rings. The van der Waals surface area contributed by atoms with E-state index in [4.69, 9.17) is 31.3 Å². The van der Waals surface area contributed by atoms with Crippen molar-refractivity contribution in [3.63, 3.8) is 0 Å². The Morgan fingerprint density at radius 1 is 0.493 bits per heavy atom. The van der Waals surface area contributed by atoms with Gasteiger partial charge in [-0.1, -0.05) is 36.6 Å². The molecule has 1 amide bonds. The van der Waals surface area contributed by atoms with Crippen LogP contribution in [0.5, 0.6) is 5.75 Å². The molecule has 0 spiro atoms. The highest BCUT2D eigenvalue weighted by Gasteiger charge is 2.20. The molecular weight excluding hydrogens is 952 g/mol. The standard InChI is InChI=1S/C62H49ClN10O2/c1-75-44-11-13-47-46(37-44)61(45-12-10-43(63)36-56(45)69-47)67-28-4-2-3-5-29-68-62(74)42-8-6-38(7-9-42)57-48-14-16-50(70-48)58(39-22-30-64-31-23-39)52-18-20-54(72-52)60(41-26-34-66-35-27-41)55-21-19-53(73-55)59(40-24-32-65-33-25-40)51-17-15-49(57)71-51/h6-27,30-37,70,73H,2-5,28-29H2,1H3,(H,67,69)(H,68,74). The second kappa shape index (κ2) is 20.7. The van der Waals surface area contributed by atoms with Crippen LogP contribution in [-0.2, 0) is 0 Å². The van der Waals surface area contributed by atoms with Gasteiger partial charge in [0.05, 0.1) is 46.6 Å². The van der Waals surface area contributed by atoms with Gasteiger partial charge < -0.3 is 25.3 Å². The number of methoxy groups -OCH3 is 1. The molecule has 0 saturated heterocycles.